The first-order valence-corrected chi connectivity index (χ1v) is 8.89. The van der Waals surface area contributed by atoms with Crippen LogP contribution in [-0.2, 0) is 6.42 Å². The molecule has 1 rings (SSSR count). The van der Waals surface area contributed by atoms with Gasteiger partial charge in [0.2, 0.25) is 0 Å². The molecule has 2 atom stereocenters. The number of hydrogen-bond donors (Lipinski definition) is 4. The fraction of sp³-hybridized carbons (Fsp3) is 0.684. The van der Waals surface area contributed by atoms with Crippen LogP contribution in [0.4, 0.5) is 0 Å². The highest BCUT2D eigenvalue weighted by atomic mass is 16.3. The zero-order valence-electron chi connectivity index (χ0n) is 14.2. The van der Waals surface area contributed by atoms with Gasteiger partial charge in [0.25, 0.3) is 0 Å². The Labute approximate surface area is 139 Å². The lowest BCUT2D eigenvalue weighted by atomic mass is 10.0. The number of aliphatic hydroxyl groups excluding tert-OH is 2. The van der Waals surface area contributed by atoms with Gasteiger partial charge in [-0.1, -0.05) is 45.4 Å². The zero-order valence-corrected chi connectivity index (χ0v) is 14.2. The van der Waals surface area contributed by atoms with Crippen molar-refractivity contribution >= 4 is 0 Å². The minimum atomic E-state index is -0.467. The van der Waals surface area contributed by atoms with E-state index in [0.717, 1.165) is 44.1 Å². The summed E-state index contributed by atoms with van der Waals surface area (Å²) in [6, 6.07) is 4.41. The van der Waals surface area contributed by atoms with E-state index in [1.807, 2.05) is 0 Å². The highest BCUT2D eigenvalue weighted by molar-refractivity contribution is 5.36. The van der Waals surface area contributed by atoms with Crippen LogP contribution in [-0.4, -0.2) is 32.6 Å². The molecule has 4 heteroatoms. The van der Waals surface area contributed by atoms with Crippen LogP contribution >= 0.6 is 0 Å². The first-order valence-electron chi connectivity index (χ1n) is 8.89. The van der Waals surface area contributed by atoms with Crippen LogP contribution in [0.25, 0.3) is 0 Å². The van der Waals surface area contributed by atoms with E-state index in [0.29, 0.717) is 12.8 Å². The van der Waals surface area contributed by atoms with Crippen LogP contribution in [0.1, 0.15) is 70.3 Å². The Hall–Kier alpha value is -1.26. The zero-order chi connectivity index (χ0) is 17.1. The molecule has 4 nitrogen and oxygen atoms in total. The number of unbranched alkanes of at least 4 members (excludes halogenated alkanes) is 4. The van der Waals surface area contributed by atoms with Crippen LogP contribution in [0, 0.1) is 0 Å². The van der Waals surface area contributed by atoms with Crippen LogP contribution in [0.15, 0.2) is 18.2 Å². The quantitative estimate of drug-likeness (QED) is 0.440. The molecule has 1 aromatic rings. The SMILES string of the molecule is CCCCC[C@H](O)CCCCC[C@@H](O)Cc1cc(O)cc(O)c1. The van der Waals surface area contributed by atoms with Gasteiger partial charge in [0, 0.05) is 6.07 Å². The Morgan fingerprint density at radius 3 is 1.83 bits per heavy atom. The first kappa shape index (κ1) is 19.8. The van der Waals surface area contributed by atoms with E-state index in [4.69, 9.17) is 0 Å². The molecule has 1 aromatic carbocycles. The number of phenols is 2. The molecule has 0 aliphatic heterocycles. The summed E-state index contributed by atoms with van der Waals surface area (Å²) in [5, 5.41) is 38.7. The molecule has 23 heavy (non-hydrogen) atoms. The molecule has 0 amide bonds. The lowest BCUT2D eigenvalue weighted by molar-refractivity contribution is 0.143. The summed E-state index contributed by atoms with van der Waals surface area (Å²) in [6.45, 7) is 2.16. The average molecular weight is 324 g/mol. The summed E-state index contributed by atoms with van der Waals surface area (Å²) in [7, 11) is 0. The minimum Gasteiger partial charge on any atom is -0.508 e. The maximum Gasteiger partial charge on any atom is 0.119 e. The third-order valence-corrected chi connectivity index (χ3v) is 4.15. The van der Waals surface area contributed by atoms with E-state index in [1.165, 1.54) is 18.9 Å². The van der Waals surface area contributed by atoms with Crippen molar-refractivity contribution in [3.63, 3.8) is 0 Å². The monoisotopic (exact) mass is 324 g/mol. The second-order valence-corrected chi connectivity index (χ2v) is 6.50. The Balaban J connectivity index is 2.11. The third kappa shape index (κ3) is 9.47. The number of rotatable bonds is 12. The van der Waals surface area contributed by atoms with E-state index in [1.54, 1.807) is 12.1 Å². The van der Waals surface area contributed by atoms with Crippen molar-refractivity contribution in [3.8, 4) is 11.5 Å². The normalized spacial score (nSPS) is 13.9. The van der Waals surface area contributed by atoms with E-state index in [2.05, 4.69) is 6.92 Å². The van der Waals surface area contributed by atoms with Gasteiger partial charge in [-0.3, -0.25) is 0 Å². The van der Waals surface area contributed by atoms with E-state index in [-0.39, 0.29) is 17.6 Å². The predicted octanol–water partition coefficient (Wildman–Crippen LogP) is 3.89. The van der Waals surface area contributed by atoms with E-state index in [9.17, 15) is 20.4 Å². The van der Waals surface area contributed by atoms with Gasteiger partial charge in [0.15, 0.2) is 0 Å². The second kappa shape index (κ2) is 11.3. The Morgan fingerprint density at radius 2 is 1.26 bits per heavy atom. The van der Waals surface area contributed by atoms with Gasteiger partial charge in [-0.2, -0.15) is 0 Å². The Kier molecular flexibility index (Phi) is 9.72. The summed E-state index contributed by atoms with van der Waals surface area (Å²) in [5.41, 5.74) is 0.737. The number of aliphatic hydroxyl groups is 2. The minimum absolute atomic E-state index is 0.0178. The molecule has 0 heterocycles. The van der Waals surface area contributed by atoms with Gasteiger partial charge < -0.3 is 20.4 Å². The molecule has 0 aromatic heterocycles. The van der Waals surface area contributed by atoms with Crippen molar-refractivity contribution in [3.05, 3.63) is 23.8 Å². The van der Waals surface area contributed by atoms with Gasteiger partial charge in [-0.05, 0) is 43.4 Å². The lowest BCUT2D eigenvalue weighted by Crippen LogP contribution is -2.10. The van der Waals surface area contributed by atoms with Crippen molar-refractivity contribution in [2.75, 3.05) is 0 Å². The smallest absolute Gasteiger partial charge is 0.119 e. The summed E-state index contributed by atoms with van der Waals surface area (Å²) in [4.78, 5) is 0. The molecule has 0 aliphatic rings. The molecule has 132 valence electrons. The van der Waals surface area contributed by atoms with Crippen molar-refractivity contribution in [1.82, 2.24) is 0 Å². The highest BCUT2D eigenvalue weighted by Gasteiger charge is 2.08. The third-order valence-electron chi connectivity index (χ3n) is 4.15. The fourth-order valence-corrected chi connectivity index (χ4v) is 2.86. The highest BCUT2D eigenvalue weighted by Crippen LogP contribution is 2.22. The molecule has 4 N–H and O–H groups in total. The molecule has 0 fully saturated rings. The summed E-state index contributed by atoms with van der Waals surface area (Å²) in [6.07, 6.45) is 8.63. The van der Waals surface area contributed by atoms with Crippen LogP contribution in [0.2, 0.25) is 0 Å². The topological polar surface area (TPSA) is 80.9 Å². The molecule has 0 aliphatic carbocycles. The van der Waals surface area contributed by atoms with Crippen molar-refractivity contribution < 1.29 is 20.4 Å². The largest absolute Gasteiger partial charge is 0.508 e. The standard InChI is InChI=1S/C19H32O4/c1-2-3-5-8-16(20)9-6-4-7-10-17(21)11-15-12-18(22)14-19(23)13-15/h12-14,16-17,20-23H,2-11H2,1H3/t16-,17+/m0/s1. The van der Waals surface area contributed by atoms with Crippen LogP contribution in [0.3, 0.4) is 0 Å². The molecule has 0 spiro atoms. The number of benzene rings is 1. The average Bonchev–Trinajstić information content (AvgIpc) is 2.46. The molecule has 0 unspecified atom stereocenters. The predicted molar refractivity (Wildman–Crippen MR) is 92.7 cm³/mol. The number of hydrogen-bond acceptors (Lipinski definition) is 4. The van der Waals surface area contributed by atoms with Crippen molar-refractivity contribution in [1.29, 1.82) is 0 Å². The molecule has 0 bridgehead atoms. The number of aromatic hydroxyl groups is 2. The second-order valence-electron chi connectivity index (χ2n) is 6.50. The summed E-state index contributed by atoms with van der Waals surface area (Å²) in [5.74, 6) is 0.0357. The van der Waals surface area contributed by atoms with Crippen molar-refractivity contribution in [2.24, 2.45) is 0 Å². The maximum atomic E-state index is 10.0. The Morgan fingerprint density at radius 1 is 0.739 bits per heavy atom. The van der Waals surface area contributed by atoms with Gasteiger partial charge in [-0.15, -0.1) is 0 Å². The summed E-state index contributed by atoms with van der Waals surface area (Å²) >= 11 is 0. The van der Waals surface area contributed by atoms with Gasteiger partial charge in [-0.25, -0.2) is 0 Å². The lowest BCUT2D eigenvalue weighted by Gasteiger charge is -2.12. The molecule has 0 saturated heterocycles. The van der Waals surface area contributed by atoms with Gasteiger partial charge in [0.05, 0.1) is 12.2 Å². The van der Waals surface area contributed by atoms with E-state index < -0.39 is 6.10 Å². The molecular weight excluding hydrogens is 292 g/mol. The van der Waals surface area contributed by atoms with Gasteiger partial charge >= 0.3 is 0 Å². The van der Waals surface area contributed by atoms with E-state index >= 15 is 0 Å². The van der Waals surface area contributed by atoms with Crippen LogP contribution in [0.5, 0.6) is 11.5 Å². The van der Waals surface area contributed by atoms with Gasteiger partial charge in [0.1, 0.15) is 11.5 Å². The Bertz CT molecular complexity index is 413. The molecule has 0 radical (unpaired) electrons. The number of phenolic OH excluding ortho intramolecular Hbond substituents is 2. The fourth-order valence-electron chi connectivity index (χ4n) is 2.86. The maximum absolute atomic E-state index is 10.0. The summed E-state index contributed by atoms with van der Waals surface area (Å²) < 4.78 is 0. The molecular formula is C19H32O4. The van der Waals surface area contributed by atoms with Crippen LogP contribution < -0.4 is 0 Å². The van der Waals surface area contributed by atoms with Crippen molar-refractivity contribution in [2.45, 2.75) is 83.3 Å². The first-order chi connectivity index (χ1) is 11.0. The molecule has 0 saturated carbocycles.